The molecule has 0 bridgehead atoms. The molecule has 2 N–H and O–H groups in total. The zero-order chi connectivity index (χ0) is 16.6. The summed E-state index contributed by atoms with van der Waals surface area (Å²) in [4.78, 5) is 4.79. The molecule has 4 nitrogen and oxygen atoms in total. The highest BCUT2D eigenvalue weighted by Gasteiger charge is 2.29. The number of aliphatic hydroxyl groups excluding tert-OH is 1. The van der Waals surface area contributed by atoms with Gasteiger partial charge in [0, 0.05) is 37.3 Å². The van der Waals surface area contributed by atoms with Crippen LogP contribution >= 0.6 is 0 Å². The first-order chi connectivity index (χ1) is 9.59. The smallest absolute Gasteiger partial charge is 0.0611 e. The number of aliphatic hydroxyl groups is 1. The number of rotatable bonds is 11. The van der Waals surface area contributed by atoms with Gasteiger partial charge in [0.1, 0.15) is 0 Å². The topological polar surface area (TPSA) is 38.7 Å². The average molecular weight is 302 g/mol. The maximum Gasteiger partial charge on any atom is 0.0611 e. The van der Waals surface area contributed by atoms with E-state index in [-0.39, 0.29) is 12.1 Å². The van der Waals surface area contributed by atoms with Crippen molar-refractivity contribution in [2.75, 3.05) is 40.3 Å². The van der Waals surface area contributed by atoms with E-state index in [9.17, 15) is 5.11 Å². The summed E-state index contributed by atoms with van der Waals surface area (Å²) < 4.78 is 0. The molecule has 128 valence electrons. The quantitative estimate of drug-likeness (QED) is 0.612. The Balaban J connectivity index is 4.71. The third-order valence-electron chi connectivity index (χ3n) is 3.79. The van der Waals surface area contributed by atoms with Crippen molar-refractivity contribution in [3.05, 3.63) is 0 Å². The minimum atomic E-state index is -0.207. The molecule has 0 spiro atoms. The molecule has 0 aliphatic rings. The van der Waals surface area contributed by atoms with Gasteiger partial charge in [-0.1, -0.05) is 27.7 Å². The first-order valence-electron chi connectivity index (χ1n) is 8.37. The van der Waals surface area contributed by atoms with Crippen LogP contribution in [0.2, 0.25) is 0 Å². The van der Waals surface area contributed by atoms with Gasteiger partial charge in [0.25, 0.3) is 0 Å². The van der Waals surface area contributed by atoms with Crippen molar-refractivity contribution in [1.82, 2.24) is 15.1 Å². The molecule has 0 saturated heterocycles. The lowest BCUT2D eigenvalue weighted by Crippen LogP contribution is -2.53. The third-order valence-corrected chi connectivity index (χ3v) is 3.79. The van der Waals surface area contributed by atoms with Gasteiger partial charge in [-0.3, -0.25) is 4.90 Å². The van der Waals surface area contributed by atoms with Crippen LogP contribution in [0.3, 0.4) is 0 Å². The third kappa shape index (κ3) is 9.46. The summed E-state index contributed by atoms with van der Waals surface area (Å²) in [5, 5.41) is 13.3. The minimum Gasteiger partial charge on any atom is -0.394 e. The van der Waals surface area contributed by atoms with Crippen LogP contribution in [0.4, 0.5) is 0 Å². The average Bonchev–Trinajstić information content (AvgIpc) is 2.32. The lowest BCUT2D eigenvalue weighted by Gasteiger charge is -2.39. The van der Waals surface area contributed by atoms with Crippen LogP contribution in [-0.2, 0) is 0 Å². The Hall–Kier alpha value is -0.160. The maximum absolute atomic E-state index is 9.78. The van der Waals surface area contributed by atoms with Gasteiger partial charge in [-0.25, -0.2) is 0 Å². The molecule has 0 rings (SSSR count). The Morgan fingerprint density at radius 3 is 2.00 bits per heavy atom. The van der Waals surface area contributed by atoms with E-state index < -0.39 is 0 Å². The van der Waals surface area contributed by atoms with Crippen LogP contribution in [0.1, 0.15) is 48.0 Å². The lowest BCUT2D eigenvalue weighted by molar-refractivity contribution is 0.0979. The van der Waals surface area contributed by atoms with Crippen LogP contribution < -0.4 is 5.32 Å². The van der Waals surface area contributed by atoms with Gasteiger partial charge in [-0.05, 0) is 40.3 Å². The van der Waals surface area contributed by atoms with E-state index in [1.807, 2.05) is 0 Å². The van der Waals surface area contributed by atoms with Crippen molar-refractivity contribution in [2.45, 2.75) is 65.6 Å². The maximum atomic E-state index is 9.78. The second-order valence-electron chi connectivity index (χ2n) is 7.76. The summed E-state index contributed by atoms with van der Waals surface area (Å²) in [6.07, 6.45) is 0.960. The molecule has 0 aromatic rings. The van der Waals surface area contributed by atoms with Gasteiger partial charge < -0.3 is 15.3 Å². The number of hydrogen-bond donors (Lipinski definition) is 2. The number of likely N-dealkylation sites (N-methyl/N-ethyl adjacent to an activating group) is 1. The van der Waals surface area contributed by atoms with Gasteiger partial charge in [0.2, 0.25) is 0 Å². The lowest BCUT2D eigenvalue weighted by atomic mass is 9.92. The summed E-state index contributed by atoms with van der Waals surface area (Å²) in [5.74, 6) is 0.660. The minimum absolute atomic E-state index is 0.179. The number of nitrogens with zero attached hydrogens (tertiary/aromatic N) is 2. The fourth-order valence-electron chi connectivity index (χ4n) is 2.94. The number of hydrogen-bond acceptors (Lipinski definition) is 4. The van der Waals surface area contributed by atoms with Crippen LogP contribution in [0, 0.1) is 5.92 Å². The Labute approximate surface area is 132 Å². The van der Waals surface area contributed by atoms with E-state index in [0.29, 0.717) is 18.0 Å². The van der Waals surface area contributed by atoms with Crippen molar-refractivity contribution >= 4 is 0 Å². The molecular formula is C17H39N3O. The molecule has 2 unspecified atom stereocenters. The molecule has 0 amide bonds. The first kappa shape index (κ1) is 20.8. The van der Waals surface area contributed by atoms with Crippen LogP contribution in [0.5, 0.6) is 0 Å². The molecule has 4 heteroatoms. The van der Waals surface area contributed by atoms with E-state index in [1.54, 1.807) is 0 Å². The molecule has 2 atom stereocenters. The molecule has 0 saturated carbocycles. The fourth-order valence-corrected chi connectivity index (χ4v) is 2.94. The zero-order valence-electron chi connectivity index (χ0n) is 15.6. The van der Waals surface area contributed by atoms with E-state index in [4.69, 9.17) is 0 Å². The van der Waals surface area contributed by atoms with Gasteiger partial charge in [0.15, 0.2) is 0 Å². The van der Waals surface area contributed by atoms with Gasteiger partial charge in [-0.2, -0.15) is 0 Å². The van der Waals surface area contributed by atoms with E-state index in [2.05, 4.69) is 70.8 Å². The van der Waals surface area contributed by atoms with Crippen molar-refractivity contribution in [1.29, 1.82) is 0 Å². The van der Waals surface area contributed by atoms with E-state index >= 15 is 0 Å². The summed E-state index contributed by atoms with van der Waals surface area (Å²) in [6, 6.07) is 0.838. The molecule has 0 aromatic carbocycles. The highest BCUT2D eigenvalue weighted by Crippen LogP contribution is 2.18. The summed E-state index contributed by atoms with van der Waals surface area (Å²) in [7, 11) is 4.24. The zero-order valence-corrected chi connectivity index (χ0v) is 15.6. The predicted octanol–water partition coefficient (Wildman–Crippen LogP) is 2.03. The van der Waals surface area contributed by atoms with Crippen molar-refractivity contribution in [3.8, 4) is 0 Å². The highest BCUT2D eigenvalue weighted by atomic mass is 16.3. The Morgan fingerprint density at radius 1 is 1.05 bits per heavy atom. The highest BCUT2D eigenvalue weighted by molar-refractivity contribution is 4.88. The molecule has 0 aliphatic carbocycles. The SMILES string of the molecule is CC(C)CN(CCN(C)C)C(C)CC(C)(CO)NC(C)C. The molecule has 0 aliphatic heterocycles. The second kappa shape index (κ2) is 9.78. The second-order valence-corrected chi connectivity index (χ2v) is 7.76. The molecule has 0 fully saturated rings. The normalized spacial score (nSPS) is 17.0. The van der Waals surface area contributed by atoms with Crippen molar-refractivity contribution in [2.24, 2.45) is 5.92 Å². The monoisotopic (exact) mass is 301 g/mol. The van der Waals surface area contributed by atoms with Crippen LogP contribution in [0.15, 0.2) is 0 Å². The molecule has 0 aromatic heterocycles. The molecular weight excluding hydrogens is 262 g/mol. The first-order valence-corrected chi connectivity index (χ1v) is 8.37. The number of nitrogens with one attached hydrogen (secondary N) is 1. The van der Waals surface area contributed by atoms with E-state index in [0.717, 1.165) is 26.1 Å². The Morgan fingerprint density at radius 2 is 1.62 bits per heavy atom. The standard InChI is InChI=1S/C17H39N3O/c1-14(2)12-20(10-9-19(7)8)16(5)11-17(6,13-21)18-15(3)4/h14-16,18,21H,9-13H2,1-8H3. The Bertz CT molecular complexity index is 269. The van der Waals surface area contributed by atoms with Crippen molar-refractivity contribution in [3.63, 3.8) is 0 Å². The van der Waals surface area contributed by atoms with Gasteiger partial charge in [0.05, 0.1) is 6.61 Å². The van der Waals surface area contributed by atoms with Gasteiger partial charge in [-0.15, -0.1) is 0 Å². The largest absolute Gasteiger partial charge is 0.394 e. The van der Waals surface area contributed by atoms with Crippen LogP contribution in [0.25, 0.3) is 0 Å². The molecule has 0 radical (unpaired) electrons. The molecule has 0 heterocycles. The molecule has 21 heavy (non-hydrogen) atoms. The summed E-state index contributed by atoms with van der Waals surface area (Å²) in [5.41, 5.74) is -0.207. The Kier molecular flexibility index (Phi) is 9.70. The predicted molar refractivity (Wildman–Crippen MR) is 92.8 cm³/mol. The van der Waals surface area contributed by atoms with Gasteiger partial charge >= 0.3 is 0 Å². The summed E-state index contributed by atoms with van der Waals surface area (Å²) in [6.45, 7) is 16.7. The van der Waals surface area contributed by atoms with Crippen LogP contribution in [-0.4, -0.2) is 72.9 Å². The summed E-state index contributed by atoms with van der Waals surface area (Å²) >= 11 is 0. The van der Waals surface area contributed by atoms with Crippen molar-refractivity contribution < 1.29 is 5.11 Å². The van der Waals surface area contributed by atoms with E-state index in [1.165, 1.54) is 0 Å². The fraction of sp³-hybridized carbons (Fsp3) is 1.00.